The molecule has 0 spiro atoms. The number of hydrogen-bond acceptors (Lipinski definition) is 4. The first-order valence-corrected chi connectivity index (χ1v) is 12.6. The first kappa shape index (κ1) is 23.4. The van der Waals surface area contributed by atoms with Gasteiger partial charge in [0, 0.05) is 12.5 Å². The third-order valence-corrected chi connectivity index (χ3v) is 7.59. The molecule has 0 aromatic heterocycles. The van der Waals surface area contributed by atoms with Gasteiger partial charge in [-0.05, 0) is 53.4 Å². The molecule has 5 rings (SSSR count). The van der Waals surface area contributed by atoms with Gasteiger partial charge in [0.25, 0.3) is 0 Å². The quantitative estimate of drug-likeness (QED) is 0.617. The summed E-state index contributed by atoms with van der Waals surface area (Å²) in [6.45, 7) is 2.58. The normalized spacial score (nSPS) is 22.1. The molecule has 2 N–H and O–H groups in total. The van der Waals surface area contributed by atoms with Crippen molar-refractivity contribution < 1.29 is 24.2 Å². The van der Waals surface area contributed by atoms with Crippen LogP contribution in [0.1, 0.15) is 56.1 Å². The highest BCUT2D eigenvalue weighted by Crippen LogP contribution is 2.44. The van der Waals surface area contributed by atoms with Gasteiger partial charge in [-0.25, -0.2) is 9.59 Å². The molecule has 2 aromatic rings. The molecular weight excluding hydrogens is 444 g/mol. The van der Waals surface area contributed by atoms with E-state index in [2.05, 4.69) is 29.6 Å². The zero-order chi connectivity index (χ0) is 24.5. The molecule has 3 atom stereocenters. The highest BCUT2D eigenvalue weighted by molar-refractivity contribution is 5.89. The van der Waals surface area contributed by atoms with E-state index in [-0.39, 0.29) is 24.3 Å². The maximum absolute atomic E-state index is 13.4. The molecule has 0 bridgehead atoms. The monoisotopic (exact) mass is 476 g/mol. The minimum absolute atomic E-state index is 0.0648. The predicted octanol–water partition coefficient (Wildman–Crippen LogP) is 4.41. The van der Waals surface area contributed by atoms with Crippen molar-refractivity contribution in [1.82, 2.24) is 10.2 Å². The molecule has 184 valence electrons. The predicted molar refractivity (Wildman–Crippen MR) is 131 cm³/mol. The Labute approximate surface area is 205 Å². The number of aliphatic carboxylic acids is 1. The Balaban J connectivity index is 1.27. The van der Waals surface area contributed by atoms with Gasteiger partial charge in [0.1, 0.15) is 18.7 Å². The second kappa shape index (κ2) is 9.72. The molecule has 1 heterocycles. The first-order chi connectivity index (χ1) is 16.9. The van der Waals surface area contributed by atoms with E-state index in [9.17, 15) is 19.5 Å². The third-order valence-electron chi connectivity index (χ3n) is 7.59. The van der Waals surface area contributed by atoms with Crippen molar-refractivity contribution >= 4 is 18.0 Å². The molecule has 1 aliphatic heterocycles. The average Bonchev–Trinajstić information content (AvgIpc) is 3.62. The molecule has 0 radical (unpaired) electrons. The second-order valence-corrected chi connectivity index (χ2v) is 10.2. The molecule has 3 aliphatic rings. The van der Waals surface area contributed by atoms with E-state index in [1.807, 2.05) is 31.2 Å². The second-order valence-electron chi connectivity index (χ2n) is 10.2. The summed E-state index contributed by atoms with van der Waals surface area (Å²) in [5.74, 6) is -0.764. The number of fused-ring (bicyclic) bond motifs is 3. The number of benzene rings is 2. The van der Waals surface area contributed by atoms with E-state index in [0.29, 0.717) is 25.3 Å². The number of nitrogens with zero attached hydrogens (tertiary/aromatic N) is 1. The van der Waals surface area contributed by atoms with Crippen LogP contribution in [-0.4, -0.2) is 53.2 Å². The number of carbonyl (C=O) groups is 3. The van der Waals surface area contributed by atoms with Gasteiger partial charge < -0.3 is 20.1 Å². The van der Waals surface area contributed by atoms with Crippen molar-refractivity contribution in [3.05, 3.63) is 59.7 Å². The Hall–Kier alpha value is -3.35. The van der Waals surface area contributed by atoms with Gasteiger partial charge in [-0.2, -0.15) is 0 Å². The van der Waals surface area contributed by atoms with Crippen LogP contribution in [0.25, 0.3) is 11.1 Å². The number of hydrogen-bond donors (Lipinski definition) is 2. The van der Waals surface area contributed by atoms with Gasteiger partial charge >= 0.3 is 12.1 Å². The van der Waals surface area contributed by atoms with Crippen LogP contribution in [0.15, 0.2) is 48.5 Å². The van der Waals surface area contributed by atoms with Crippen molar-refractivity contribution in [3.63, 3.8) is 0 Å². The smallest absolute Gasteiger partial charge is 0.407 e. The van der Waals surface area contributed by atoms with Crippen LogP contribution in [0.4, 0.5) is 4.79 Å². The van der Waals surface area contributed by atoms with Crippen LogP contribution in [0.3, 0.4) is 0 Å². The molecule has 7 heteroatoms. The molecule has 2 aliphatic carbocycles. The molecule has 7 nitrogen and oxygen atoms in total. The molecule has 35 heavy (non-hydrogen) atoms. The Morgan fingerprint density at radius 2 is 1.63 bits per heavy atom. The van der Waals surface area contributed by atoms with Crippen molar-refractivity contribution in [2.24, 2.45) is 11.8 Å². The van der Waals surface area contributed by atoms with E-state index >= 15 is 0 Å². The fourth-order valence-corrected chi connectivity index (χ4v) is 5.54. The van der Waals surface area contributed by atoms with E-state index in [1.54, 1.807) is 0 Å². The van der Waals surface area contributed by atoms with Gasteiger partial charge in [0.15, 0.2) is 0 Å². The molecule has 2 amide bonds. The van der Waals surface area contributed by atoms with Gasteiger partial charge in [-0.15, -0.1) is 0 Å². The molecule has 2 aromatic carbocycles. The number of nitrogens with one attached hydrogen (secondary N) is 1. The summed E-state index contributed by atoms with van der Waals surface area (Å²) in [5, 5.41) is 12.4. The summed E-state index contributed by atoms with van der Waals surface area (Å²) in [7, 11) is 0. The highest BCUT2D eigenvalue weighted by Gasteiger charge is 2.40. The minimum atomic E-state index is -0.989. The highest BCUT2D eigenvalue weighted by atomic mass is 16.5. The topological polar surface area (TPSA) is 95.9 Å². The summed E-state index contributed by atoms with van der Waals surface area (Å²) in [6.07, 6.45) is 3.13. The number of amides is 2. The number of rotatable bonds is 7. The molecular formula is C28H32N2O5. The maximum atomic E-state index is 13.4. The minimum Gasteiger partial charge on any atom is -0.480 e. The Morgan fingerprint density at radius 3 is 2.23 bits per heavy atom. The molecule has 1 saturated carbocycles. The SMILES string of the molecule is CC1CCC(C(=O)O)N(C(=O)C(CC2CC2)NC(=O)OCC2c3ccccc3-c3ccccc32)C1. The number of alkyl carbamates (subject to hydrolysis) is 1. The Morgan fingerprint density at radius 1 is 1.00 bits per heavy atom. The average molecular weight is 477 g/mol. The van der Waals surface area contributed by atoms with Crippen LogP contribution < -0.4 is 5.32 Å². The van der Waals surface area contributed by atoms with Crippen molar-refractivity contribution in [2.75, 3.05) is 13.2 Å². The van der Waals surface area contributed by atoms with Crippen LogP contribution in [-0.2, 0) is 14.3 Å². The van der Waals surface area contributed by atoms with E-state index in [1.165, 1.54) is 4.90 Å². The van der Waals surface area contributed by atoms with Crippen LogP contribution in [0.2, 0.25) is 0 Å². The van der Waals surface area contributed by atoms with E-state index < -0.39 is 24.1 Å². The third kappa shape index (κ3) is 4.90. The lowest BCUT2D eigenvalue weighted by Crippen LogP contribution is -2.57. The largest absolute Gasteiger partial charge is 0.480 e. The summed E-state index contributed by atoms with van der Waals surface area (Å²) < 4.78 is 5.67. The van der Waals surface area contributed by atoms with Crippen LogP contribution in [0.5, 0.6) is 0 Å². The van der Waals surface area contributed by atoms with Crippen molar-refractivity contribution in [1.29, 1.82) is 0 Å². The number of carbonyl (C=O) groups excluding carboxylic acids is 2. The fourth-order valence-electron chi connectivity index (χ4n) is 5.54. The zero-order valence-corrected chi connectivity index (χ0v) is 20.0. The van der Waals surface area contributed by atoms with Crippen LogP contribution >= 0.6 is 0 Å². The summed E-state index contributed by atoms with van der Waals surface area (Å²) in [5.41, 5.74) is 4.55. The number of ether oxygens (including phenoxy) is 1. The molecule has 2 fully saturated rings. The number of carboxylic acids is 1. The fraction of sp³-hybridized carbons (Fsp3) is 0.464. The Bertz CT molecular complexity index is 1080. The molecule has 3 unspecified atom stereocenters. The number of piperidine rings is 1. The van der Waals surface area contributed by atoms with E-state index in [0.717, 1.165) is 41.5 Å². The van der Waals surface area contributed by atoms with E-state index in [4.69, 9.17) is 4.74 Å². The van der Waals surface area contributed by atoms with Gasteiger partial charge in [0.05, 0.1) is 0 Å². The number of carboxylic acid groups (broad SMARTS) is 1. The van der Waals surface area contributed by atoms with Gasteiger partial charge in [0.2, 0.25) is 5.91 Å². The summed E-state index contributed by atoms with van der Waals surface area (Å²) in [4.78, 5) is 39.6. The Kier molecular flexibility index (Phi) is 6.50. The van der Waals surface area contributed by atoms with Gasteiger partial charge in [-0.1, -0.05) is 68.3 Å². The number of likely N-dealkylation sites (tertiary alicyclic amines) is 1. The van der Waals surface area contributed by atoms with Crippen molar-refractivity contribution in [3.8, 4) is 11.1 Å². The van der Waals surface area contributed by atoms with Crippen molar-refractivity contribution in [2.45, 2.75) is 57.0 Å². The first-order valence-electron chi connectivity index (χ1n) is 12.6. The lowest BCUT2D eigenvalue weighted by Gasteiger charge is -2.38. The standard InChI is InChI=1S/C28H32N2O5/c1-17-10-13-25(27(32)33)30(15-17)26(31)24(14-18-11-12-18)29-28(34)35-16-23-21-8-4-2-6-19(21)20-7-3-5-9-22(20)23/h2-9,17-18,23-25H,10-16H2,1H3,(H,29,34)(H,32,33). The summed E-state index contributed by atoms with van der Waals surface area (Å²) in [6, 6.07) is 14.6. The summed E-state index contributed by atoms with van der Waals surface area (Å²) >= 11 is 0. The maximum Gasteiger partial charge on any atom is 0.407 e. The lowest BCUT2D eigenvalue weighted by molar-refractivity contribution is -0.154. The zero-order valence-electron chi connectivity index (χ0n) is 20.0. The van der Waals surface area contributed by atoms with Gasteiger partial charge in [-0.3, -0.25) is 4.79 Å². The lowest BCUT2D eigenvalue weighted by atomic mass is 9.93. The van der Waals surface area contributed by atoms with Crippen LogP contribution in [0, 0.1) is 11.8 Å². The molecule has 1 saturated heterocycles.